The van der Waals surface area contributed by atoms with Crippen molar-refractivity contribution in [1.82, 2.24) is 42.1 Å². The summed E-state index contributed by atoms with van der Waals surface area (Å²) in [5.74, 6) is -9.03. The van der Waals surface area contributed by atoms with E-state index < -0.39 is 133 Å². The quantitative estimate of drug-likeness (QED) is 0.0325. The van der Waals surface area contributed by atoms with Gasteiger partial charge in [-0.25, -0.2) is 4.79 Å². The Labute approximate surface area is 372 Å². The number of aliphatic hydroxyl groups is 2. The van der Waals surface area contributed by atoms with Gasteiger partial charge in [-0.05, 0) is 56.6 Å². The molecule has 0 radical (unpaired) electrons. The molecule has 346 valence electrons. The number of hydrogen-bond acceptors (Lipinski definition) is 17. The van der Waals surface area contributed by atoms with E-state index >= 15 is 0 Å². The minimum atomic E-state index is -1.64. The monoisotopic (exact) mass is 942 g/mol. The largest absolute Gasteiger partial charge is 0.480 e. The van der Waals surface area contributed by atoms with Gasteiger partial charge in [-0.1, -0.05) is 0 Å². The number of nitrogens with two attached hydrogens (primary N) is 2. The van der Waals surface area contributed by atoms with Crippen molar-refractivity contribution in [2.75, 3.05) is 55.3 Å². The Bertz CT molecular complexity index is 1570. The molecular formula is C34H58N10O13S4. The van der Waals surface area contributed by atoms with Crippen molar-refractivity contribution in [3.05, 3.63) is 0 Å². The van der Waals surface area contributed by atoms with Crippen LogP contribution >= 0.6 is 48.8 Å². The Balaban J connectivity index is 3.14. The molecule has 61 heavy (non-hydrogen) atoms. The maximum Gasteiger partial charge on any atom is 0.327 e. The molecular weight excluding hydrogens is 885 g/mol. The molecule has 0 bridgehead atoms. The number of carboxylic acid groups (broad SMARTS) is 1. The summed E-state index contributed by atoms with van der Waals surface area (Å²) >= 11 is 10.5. The molecule has 9 amide bonds. The highest BCUT2D eigenvalue weighted by atomic mass is 32.2. The number of carboxylic acids is 1. The summed E-state index contributed by atoms with van der Waals surface area (Å²) < 4.78 is 0. The predicted octanol–water partition coefficient (Wildman–Crippen LogP) is -5.97. The number of likely N-dealkylation sites (tertiary alicyclic amines) is 1. The van der Waals surface area contributed by atoms with E-state index in [0.29, 0.717) is 17.9 Å². The number of rotatable bonds is 28. The van der Waals surface area contributed by atoms with E-state index in [4.69, 9.17) is 11.5 Å². The predicted molar refractivity (Wildman–Crippen MR) is 231 cm³/mol. The topological polar surface area (TPSA) is 371 Å². The fraction of sp³-hybridized carbons (Fsp3) is 0.706. The number of carbonyl (C=O) groups is 10. The second-order valence-electron chi connectivity index (χ2n) is 13.7. The van der Waals surface area contributed by atoms with Crippen LogP contribution in [-0.4, -0.2) is 189 Å². The molecule has 0 aromatic heterocycles. The van der Waals surface area contributed by atoms with Crippen molar-refractivity contribution >= 4 is 108 Å². The summed E-state index contributed by atoms with van der Waals surface area (Å²) in [4.78, 5) is 130. The molecule has 1 aliphatic rings. The molecule has 0 saturated carbocycles. The number of aliphatic carboxylic acids is 1. The molecule has 1 heterocycles. The van der Waals surface area contributed by atoms with Crippen molar-refractivity contribution in [3.8, 4) is 0 Å². The van der Waals surface area contributed by atoms with Gasteiger partial charge >= 0.3 is 5.97 Å². The first-order valence-corrected chi connectivity index (χ1v) is 23.0. The summed E-state index contributed by atoms with van der Waals surface area (Å²) in [7, 11) is 0. The van der Waals surface area contributed by atoms with Crippen LogP contribution in [0.3, 0.4) is 0 Å². The van der Waals surface area contributed by atoms with Gasteiger partial charge in [0, 0.05) is 18.1 Å². The van der Waals surface area contributed by atoms with Crippen LogP contribution in [0.15, 0.2) is 0 Å². The number of nitrogens with zero attached hydrogens (tertiary/aromatic N) is 1. The number of aliphatic hydroxyl groups excluding tert-OH is 2. The van der Waals surface area contributed by atoms with Crippen molar-refractivity contribution in [1.29, 1.82) is 0 Å². The molecule has 1 rings (SSSR count). The van der Waals surface area contributed by atoms with Gasteiger partial charge in [0.05, 0.1) is 25.7 Å². The number of thiol groups is 2. The van der Waals surface area contributed by atoms with E-state index in [9.17, 15) is 63.3 Å². The highest BCUT2D eigenvalue weighted by Crippen LogP contribution is 2.19. The van der Waals surface area contributed by atoms with E-state index in [1.54, 1.807) is 12.5 Å². The Morgan fingerprint density at radius 3 is 1.56 bits per heavy atom. The van der Waals surface area contributed by atoms with Crippen molar-refractivity contribution in [2.24, 2.45) is 11.5 Å². The molecule has 1 aliphatic heterocycles. The van der Waals surface area contributed by atoms with Crippen molar-refractivity contribution in [2.45, 2.75) is 93.4 Å². The molecule has 27 heteroatoms. The Kier molecular flexibility index (Phi) is 25.7. The van der Waals surface area contributed by atoms with Crippen LogP contribution in [0.4, 0.5) is 0 Å². The number of thioether (sulfide) groups is 2. The average molecular weight is 943 g/mol. The summed E-state index contributed by atoms with van der Waals surface area (Å²) in [5.41, 5.74) is 11.0. The summed E-state index contributed by atoms with van der Waals surface area (Å²) in [6.07, 6.45) is 3.29. The molecule has 0 aromatic carbocycles. The van der Waals surface area contributed by atoms with Crippen LogP contribution in [0.1, 0.15) is 39.0 Å². The number of hydrogen-bond donors (Lipinski definition) is 14. The van der Waals surface area contributed by atoms with Gasteiger partial charge < -0.3 is 68.9 Å². The molecule has 0 aliphatic carbocycles. The normalized spacial score (nSPS) is 17.4. The Morgan fingerprint density at radius 1 is 0.672 bits per heavy atom. The third kappa shape index (κ3) is 18.5. The number of primary amides is 1. The zero-order chi connectivity index (χ0) is 46.4. The van der Waals surface area contributed by atoms with Gasteiger partial charge in [0.1, 0.15) is 48.3 Å². The van der Waals surface area contributed by atoms with Crippen LogP contribution in [0, 0.1) is 0 Å². The van der Waals surface area contributed by atoms with E-state index in [-0.39, 0.29) is 37.3 Å². The number of nitrogens with one attached hydrogen (secondary N) is 7. The first-order chi connectivity index (χ1) is 28.8. The van der Waals surface area contributed by atoms with Gasteiger partial charge in [-0.15, -0.1) is 0 Å². The SMILES string of the molecule is CSCC[C@H](NC(=O)[C@H](CO)NC(=O)[C@@H](N)CS)C(=O)N[C@@H](C)C(=O)N1CCC[C@H]1C(=O)N[C@@H](CC(N)=O)C(=O)N[C@@H](CCSC)C(=O)N[C@@H](CO)C(=O)N[C@@H](CS)C(=O)O. The Hall–Kier alpha value is -4.02. The summed E-state index contributed by atoms with van der Waals surface area (Å²) in [6.45, 7) is -0.319. The third-order valence-electron chi connectivity index (χ3n) is 9.06. The van der Waals surface area contributed by atoms with Crippen LogP contribution in [0.5, 0.6) is 0 Å². The number of amides is 9. The van der Waals surface area contributed by atoms with Gasteiger partial charge in [0.25, 0.3) is 0 Å². The lowest BCUT2D eigenvalue weighted by Crippen LogP contribution is -2.60. The van der Waals surface area contributed by atoms with E-state index in [0.717, 1.165) is 0 Å². The second kappa shape index (κ2) is 28.6. The lowest BCUT2D eigenvalue weighted by molar-refractivity contribution is -0.142. The van der Waals surface area contributed by atoms with E-state index in [2.05, 4.69) is 62.5 Å². The molecule has 1 saturated heterocycles. The Morgan fingerprint density at radius 2 is 1.11 bits per heavy atom. The zero-order valence-corrected chi connectivity index (χ0v) is 37.3. The van der Waals surface area contributed by atoms with Crippen LogP contribution in [-0.2, 0) is 47.9 Å². The van der Waals surface area contributed by atoms with Crippen LogP contribution < -0.4 is 48.7 Å². The lowest BCUT2D eigenvalue weighted by Gasteiger charge is -2.30. The first-order valence-electron chi connectivity index (χ1n) is 18.9. The number of carbonyl (C=O) groups excluding carboxylic acids is 9. The average Bonchev–Trinajstić information content (AvgIpc) is 3.72. The van der Waals surface area contributed by atoms with Gasteiger partial charge in [0.15, 0.2) is 0 Å². The fourth-order valence-electron chi connectivity index (χ4n) is 5.64. The molecule has 9 atom stereocenters. The van der Waals surface area contributed by atoms with E-state index in [1.165, 1.54) is 35.3 Å². The highest BCUT2D eigenvalue weighted by Gasteiger charge is 2.39. The molecule has 14 N–H and O–H groups in total. The molecule has 0 aromatic rings. The second-order valence-corrected chi connectivity index (χ2v) is 16.4. The lowest BCUT2D eigenvalue weighted by atomic mass is 10.1. The smallest absolute Gasteiger partial charge is 0.327 e. The standard InChI is InChI=1S/C34H58N10O13S4/c1-16(37-27(49)18(6-9-60-2)39-30(52)21(12-45)41-26(48)17(35)14-58)33(55)44-8-4-5-24(44)32(54)40-20(11-25(36)47)29(51)38-19(7-10-61-3)28(50)42-22(13-46)31(53)43-23(15-59)34(56)57/h16-24,45-46,58-59H,4-15,35H2,1-3H3,(H2,36,47)(H,37,49)(H,38,51)(H,39,52)(H,40,54)(H,41,48)(H,42,50)(H,43,53)(H,56,57)/t16-,17-,18-,19-,20-,21-,22-,23-,24-/m0/s1. The first kappa shape index (κ1) is 55.0. The van der Waals surface area contributed by atoms with Crippen LogP contribution in [0.2, 0.25) is 0 Å². The minimum Gasteiger partial charge on any atom is -0.480 e. The maximum absolute atomic E-state index is 13.7. The summed E-state index contributed by atoms with van der Waals surface area (Å²) in [5, 5.41) is 45.2. The van der Waals surface area contributed by atoms with Crippen molar-refractivity contribution in [3.63, 3.8) is 0 Å². The zero-order valence-electron chi connectivity index (χ0n) is 33.9. The van der Waals surface area contributed by atoms with Crippen LogP contribution in [0.25, 0.3) is 0 Å². The fourth-order valence-corrected chi connectivity index (χ4v) is 7.00. The van der Waals surface area contributed by atoms with Gasteiger partial charge in [-0.2, -0.15) is 48.8 Å². The minimum absolute atomic E-state index is 0.0236. The molecule has 0 spiro atoms. The summed E-state index contributed by atoms with van der Waals surface area (Å²) in [6, 6.07) is -12.2. The van der Waals surface area contributed by atoms with Crippen molar-refractivity contribution < 1.29 is 63.3 Å². The molecule has 0 unspecified atom stereocenters. The van der Waals surface area contributed by atoms with Gasteiger partial charge in [0.2, 0.25) is 53.2 Å². The van der Waals surface area contributed by atoms with E-state index in [1.807, 2.05) is 0 Å². The maximum atomic E-state index is 13.7. The highest BCUT2D eigenvalue weighted by molar-refractivity contribution is 7.98. The molecule has 1 fully saturated rings. The molecule has 23 nitrogen and oxygen atoms in total. The third-order valence-corrected chi connectivity index (χ3v) is 11.1. The van der Waals surface area contributed by atoms with Gasteiger partial charge in [-0.3, -0.25) is 43.2 Å².